The normalized spacial score (nSPS) is 14.4. The number of fused-ring (bicyclic) bond motifs is 1. The predicted molar refractivity (Wildman–Crippen MR) is 87.5 cm³/mol. The van der Waals surface area contributed by atoms with E-state index in [1.165, 1.54) is 4.90 Å². The molecule has 3 rings (SSSR count). The van der Waals surface area contributed by atoms with Gasteiger partial charge in [0.05, 0.1) is 22.5 Å². The van der Waals surface area contributed by atoms with Gasteiger partial charge in [-0.1, -0.05) is 17.3 Å². The van der Waals surface area contributed by atoms with Crippen LogP contribution < -0.4 is 4.90 Å². The Kier molecular flexibility index (Phi) is 3.48. The van der Waals surface area contributed by atoms with Gasteiger partial charge in [-0.25, -0.2) is 4.90 Å². The molecule has 116 valence electrons. The summed E-state index contributed by atoms with van der Waals surface area (Å²) in [7, 11) is 0. The van der Waals surface area contributed by atoms with Crippen molar-refractivity contribution in [3.8, 4) is 0 Å². The van der Waals surface area contributed by atoms with Gasteiger partial charge in [-0.15, -0.1) is 0 Å². The molecule has 0 aromatic heterocycles. The van der Waals surface area contributed by atoms with Crippen molar-refractivity contribution >= 4 is 23.2 Å². The van der Waals surface area contributed by atoms with Crippen LogP contribution in [0.5, 0.6) is 0 Å². The highest BCUT2D eigenvalue weighted by molar-refractivity contribution is 6.34. The zero-order chi connectivity index (χ0) is 16.7. The van der Waals surface area contributed by atoms with Crippen molar-refractivity contribution < 1.29 is 14.8 Å². The Morgan fingerprint density at radius 3 is 1.87 bits per heavy atom. The highest BCUT2D eigenvalue weighted by atomic mass is 16.4. The SMILES string of the molecule is C/C(=N/O)c1ccc(N2C(=O)c3cc(C)c(C)cc3C2=O)cc1. The first-order valence-corrected chi connectivity index (χ1v) is 7.23. The lowest BCUT2D eigenvalue weighted by Gasteiger charge is -2.14. The molecule has 0 unspecified atom stereocenters. The van der Waals surface area contributed by atoms with E-state index in [-0.39, 0.29) is 11.8 Å². The van der Waals surface area contributed by atoms with Gasteiger partial charge in [0.25, 0.3) is 11.8 Å². The van der Waals surface area contributed by atoms with Crippen LogP contribution in [0.3, 0.4) is 0 Å². The van der Waals surface area contributed by atoms with Crippen molar-refractivity contribution in [1.82, 2.24) is 0 Å². The number of carbonyl (C=O) groups is 2. The number of benzene rings is 2. The van der Waals surface area contributed by atoms with Gasteiger partial charge in [0.2, 0.25) is 0 Å². The lowest BCUT2D eigenvalue weighted by molar-refractivity contribution is 0.0926. The Morgan fingerprint density at radius 2 is 1.43 bits per heavy atom. The van der Waals surface area contributed by atoms with Gasteiger partial charge >= 0.3 is 0 Å². The van der Waals surface area contributed by atoms with E-state index in [1.54, 1.807) is 43.3 Å². The minimum atomic E-state index is -0.312. The maximum atomic E-state index is 12.6. The van der Waals surface area contributed by atoms with Crippen LogP contribution >= 0.6 is 0 Å². The number of carbonyl (C=O) groups excluding carboxylic acids is 2. The minimum absolute atomic E-state index is 0.312. The highest BCUT2D eigenvalue weighted by Crippen LogP contribution is 2.30. The van der Waals surface area contributed by atoms with E-state index in [9.17, 15) is 9.59 Å². The average Bonchev–Trinajstić information content (AvgIpc) is 2.78. The molecule has 23 heavy (non-hydrogen) atoms. The second-order valence-electron chi connectivity index (χ2n) is 5.66. The second kappa shape index (κ2) is 5.35. The molecule has 1 N–H and O–H groups in total. The minimum Gasteiger partial charge on any atom is -0.411 e. The van der Waals surface area contributed by atoms with Gasteiger partial charge in [0.1, 0.15) is 0 Å². The molecule has 0 aliphatic carbocycles. The van der Waals surface area contributed by atoms with Crippen LogP contribution in [0.2, 0.25) is 0 Å². The molecule has 1 aliphatic heterocycles. The highest BCUT2D eigenvalue weighted by Gasteiger charge is 2.36. The van der Waals surface area contributed by atoms with Crippen molar-refractivity contribution in [1.29, 1.82) is 0 Å². The number of anilines is 1. The smallest absolute Gasteiger partial charge is 0.266 e. The molecule has 0 fully saturated rings. The van der Waals surface area contributed by atoms with Crippen LogP contribution in [0.25, 0.3) is 0 Å². The molecule has 0 bridgehead atoms. The van der Waals surface area contributed by atoms with Crippen LogP contribution in [0, 0.1) is 13.8 Å². The number of imide groups is 1. The van der Waals surface area contributed by atoms with E-state index in [1.807, 2.05) is 13.8 Å². The molecule has 0 saturated heterocycles. The first kappa shape index (κ1) is 15.0. The maximum Gasteiger partial charge on any atom is 0.266 e. The summed E-state index contributed by atoms with van der Waals surface area (Å²) >= 11 is 0. The molecule has 1 heterocycles. The summed E-state index contributed by atoms with van der Waals surface area (Å²) < 4.78 is 0. The van der Waals surface area contributed by atoms with Crippen LogP contribution in [-0.4, -0.2) is 22.7 Å². The maximum absolute atomic E-state index is 12.6. The molecule has 0 spiro atoms. The van der Waals surface area contributed by atoms with Crippen LogP contribution in [0.1, 0.15) is 44.3 Å². The molecule has 1 aliphatic rings. The van der Waals surface area contributed by atoms with Crippen molar-refractivity contribution in [2.24, 2.45) is 5.16 Å². The number of rotatable bonds is 2. The van der Waals surface area contributed by atoms with Gasteiger partial charge < -0.3 is 5.21 Å². The number of nitrogens with zero attached hydrogens (tertiary/aromatic N) is 2. The molecule has 5 nitrogen and oxygen atoms in total. The Morgan fingerprint density at radius 1 is 0.957 bits per heavy atom. The summed E-state index contributed by atoms with van der Waals surface area (Å²) in [5.74, 6) is -0.623. The van der Waals surface area contributed by atoms with Gasteiger partial charge in [-0.2, -0.15) is 0 Å². The van der Waals surface area contributed by atoms with Crippen LogP contribution in [0.15, 0.2) is 41.6 Å². The van der Waals surface area contributed by atoms with E-state index in [2.05, 4.69) is 5.16 Å². The molecule has 2 amide bonds. The number of hydrogen-bond donors (Lipinski definition) is 1. The van der Waals surface area contributed by atoms with Crippen molar-refractivity contribution in [2.45, 2.75) is 20.8 Å². The van der Waals surface area contributed by atoms with Crippen molar-refractivity contribution in [2.75, 3.05) is 4.90 Å². The van der Waals surface area contributed by atoms with Crippen molar-refractivity contribution in [3.63, 3.8) is 0 Å². The summed E-state index contributed by atoms with van der Waals surface area (Å²) in [5, 5.41) is 11.9. The summed E-state index contributed by atoms with van der Waals surface area (Å²) in [4.78, 5) is 26.4. The summed E-state index contributed by atoms with van der Waals surface area (Å²) in [5.41, 5.74) is 4.53. The Balaban J connectivity index is 2.02. The van der Waals surface area contributed by atoms with Gasteiger partial charge in [-0.3, -0.25) is 9.59 Å². The van der Waals surface area contributed by atoms with Gasteiger partial charge in [0.15, 0.2) is 0 Å². The number of oxime groups is 1. The van der Waals surface area contributed by atoms with Gasteiger partial charge in [0, 0.05) is 0 Å². The fourth-order valence-corrected chi connectivity index (χ4v) is 2.65. The van der Waals surface area contributed by atoms with Gasteiger partial charge in [-0.05, 0) is 61.7 Å². The predicted octanol–water partition coefficient (Wildman–Crippen LogP) is 3.30. The Bertz CT molecular complexity index is 810. The Hall–Kier alpha value is -2.95. The monoisotopic (exact) mass is 308 g/mol. The summed E-state index contributed by atoms with van der Waals surface area (Å²) in [6.07, 6.45) is 0. The first-order chi connectivity index (χ1) is 10.9. The van der Waals surface area contributed by atoms with E-state index >= 15 is 0 Å². The molecular formula is C18H16N2O3. The lowest BCUT2D eigenvalue weighted by atomic mass is 10.0. The molecule has 0 radical (unpaired) electrons. The largest absolute Gasteiger partial charge is 0.411 e. The van der Waals surface area contributed by atoms with E-state index < -0.39 is 0 Å². The molecule has 5 heteroatoms. The van der Waals surface area contributed by atoms with E-state index in [0.717, 1.165) is 16.7 Å². The first-order valence-electron chi connectivity index (χ1n) is 7.23. The van der Waals surface area contributed by atoms with Crippen molar-refractivity contribution in [3.05, 3.63) is 64.2 Å². The number of aryl methyl sites for hydroxylation is 2. The van der Waals surface area contributed by atoms with E-state index in [0.29, 0.717) is 22.5 Å². The van der Waals surface area contributed by atoms with Crippen LogP contribution in [-0.2, 0) is 0 Å². The standard InChI is InChI=1S/C18H16N2O3/c1-10-8-15-16(9-11(10)2)18(22)20(17(15)21)14-6-4-13(5-7-14)12(3)19-23/h4-9,23H,1-3H3/b19-12-. The van der Waals surface area contributed by atoms with Crippen LogP contribution in [0.4, 0.5) is 5.69 Å². The topological polar surface area (TPSA) is 70.0 Å². The summed E-state index contributed by atoms with van der Waals surface area (Å²) in [6.45, 7) is 5.51. The molecule has 0 saturated carbocycles. The average molecular weight is 308 g/mol. The number of amides is 2. The third-order valence-corrected chi connectivity index (χ3v) is 4.19. The fraction of sp³-hybridized carbons (Fsp3) is 0.167. The molecule has 0 atom stereocenters. The van der Waals surface area contributed by atoms with E-state index in [4.69, 9.17) is 5.21 Å². The number of hydrogen-bond acceptors (Lipinski definition) is 4. The fourth-order valence-electron chi connectivity index (χ4n) is 2.65. The summed E-state index contributed by atoms with van der Waals surface area (Å²) in [6, 6.07) is 10.3. The molecule has 2 aromatic rings. The molecule has 2 aromatic carbocycles. The third kappa shape index (κ3) is 2.30. The lowest BCUT2D eigenvalue weighted by Crippen LogP contribution is -2.29. The Labute approximate surface area is 133 Å². The zero-order valence-electron chi connectivity index (χ0n) is 13.1. The molecular weight excluding hydrogens is 292 g/mol. The second-order valence-corrected chi connectivity index (χ2v) is 5.66. The third-order valence-electron chi connectivity index (χ3n) is 4.19. The zero-order valence-corrected chi connectivity index (χ0v) is 13.1. The quantitative estimate of drug-likeness (QED) is 0.400.